The second kappa shape index (κ2) is 18.2. The van der Waals surface area contributed by atoms with Gasteiger partial charge in [-0.15, -0.1) is 0 Å². The summed E-state index contributed by atoms with van der Waals surface area (Å²) in [7, 11) is 1.44. The highest BCUT2D eigenvalue weighted by molar-refractivity contribution is 6.23. The normalized spacial score (nSPS) is 17.2. The van der Waals surface area contributed by atoms with Gasteiger partial charge in [0.25, 0.3) is 17.7 Å². The molecule has 2 aromatic carbocycles. The van der Waals surface area contributed by atoms with Crippen LogP contribution in [0.5, 0.6) is 5.75 Å². The number of fused-ring (bicyclic) bond motifs is 2. The molecule has 1 atom stereocenters. The zero-order valence-corrected chi connectivity index (χ0v) is 33.7. The number of likely N-dealkylation sites (N-methyl/N-ethyl adjacent to an activating group) is 1. The van der Waals surface area contributed by atoms with Gasteiger partial charge >= 0.3 is 0 Å². The van der Waals surface area contributed by atoms with Gasteiger partial charge in [-0.3, -0.25) is 34.0 Å². The topological polar surface area (TPSA) is 200 Å². The lowest BCUT2D eigenvalue weighted by Gasteiger charge is -2.38. The Balaban J connectivity index is 0.890. The van der Waals surface area contributed by atoms with Crippen LogP contribution in [0.15, 0.2) is 60.0 Å². The molecule has 2 fully saturated rings. The van der Waals surface area contributed by atoms with E-state index in [4.69, 9.17) is 15.5 Å². The van der Waals surface area contributed by atoms with Crippen LogP contribution in [-0.2, 0) is 9.59 Å². The number of carbonyl (C=O) groups is 5. The quantitative estimate of drug-likeness (QED) is 0.0688. The predicted molar refractivity (Wildman–Crippen MR) is 223 cm³/mol. The summed E-state index contributed by atoms with van der Waals surface area (Å²) in [6, 6.07) is 9.65. The monoisotopic (exact) mass is 805 g/mol. The van der Waals surface area contributed by atoms with E-state index in [1.807, 2.05) is 19.9 Å². The number of piperazine rings is 1. The van der Waals surface area contributed by atoms with Crippen LogP contribution in [0.4, 0.5) is 17.1 Å². The van der Waals surface area contributed by atoms with E-state index in [0.29, 0.717) is 40.2 Å². The minimum Gasteiger partial charge on any atom is -0.489 e. The minimum absolute atomic E-state index is 0.0613. The van der Waals surface area contributed by atoms with Crippen molar-refractivity contribution in [3.05, 3.63) is 77.2 Å². The second-order valence-corrected chi connectivity index (χ2v) is 15.3. The van der Waals surface area contributed by atoms with E-state index in [9.17, 15) is 24.0 Å². The molecule has 7 rings (SSSR count). The Morgan fingerprint density at radius 1 is 1.00 bits per heavy atom. The molecule has 5 heterocycles. The lowest BCUT2D eigenvalue weighted by atomic mass is 10.1. The molecular formula is C42H51N11O6. The number of carbonyl (C=O) groups excluding carboxylic acids is 5. The molecule has 4 aromatic rings. The standard InChI is InChI=1S/C42H51N11O6/c1-27(2)59-37-24-34(43)28(22-35(37)48-39(55)33-26-47-52-12-5-11-45-38(33)52)25-46-29-9-13-49(14-10-29)15-16-50-17-19-51(20-18-50)30-7-8-31-32(23-30)42(58)53(41(31)57)36(6-4-21-54)40(56)44-3/h5,7-8,11-12,21-27,29,36H,4,6,9-10,13-20,43H2,1-3H3,(H,44,56)(H,48,55). The van der Waals surface area contributed by atoms with Gasteiger partial charge in [0.15, 0.2) is 5.65 Å². The third kappa shape index (κ3) is 9.10. The molecule has 0 radical (unpaired) electrons. The van der Waals surface area contributed by atoms with E-state index in [0.717, 1.165) is 75.8 Å². The fourth-order valence-electron chi connectivity index (χ4n) is 7.84. The number of anilines is 3. The van der Waals surface area contributed by atoms with Crippen LogP contribution in [0.2, 0.25) is 0 Å². The van der Waals surface area contributed by atoms with E-state index in [1.165, 1.54) is 13.2 Å². The van der Waals surface area contributed by atoms with Gasteiger partial charge in [-0.05, 0) is 63.4 Å². The van der Waals surface area contributed by atoms with Crippen LogP contribution in [0, 0.1) is 0 Å². The van der Waals surface area contributed by atoms with E-state index >= 15 is 0 Å². The highest BCUT2D eigenvalue weighted by Gasteiger charge is 2.42. The van der Waals surface area contributed by atoms with Crippen molar-refractivity contribution in [3.63, 3.8) is 0 Å². The summed E-state index contributed by atoms with van der Waals surface area (Å²) in [4.78, 5) is 80.9. The van der Waals surface area contributed by atoms with Gasteiger partial charge in [0.1, 0.15) is 23.6 Å². The number of piperidine rings is 1. The molecule has 59 heavy (non-hydrogen) atoms. The maximum absolute atomic E-state index is 13.4. The second-order valence-electron chi connectivity index (χ2n) is 15.3. The summed E-state index contributed by atoms with van der Waals surface area (Å²) in [5, 5.41) is 9.70. The largest absolute Gasteiger partial charge is 0.489 e. The number of rotatable bonds is 15. The van der Waals surface area contributed by atoms with Gasteiger partial charge < -0.3 is 35.7 Å². The number of benzene rings is 2. The smallest absolute Gasteiger partial charge is 0.262 e. The summed E-state index contributed by atoms with van der Waals surface area (Å²) in [6.07, 6.45) is 9.15. The van der Waals surface area contributed by atoms with Crippen molar-refractivity contribution >= 4 is 58.8 Å². The molecule has 0 bridgehead atoms. The van der Waals surface area contributed by atoms with Crippen LogP contribution in [0.25, 0.3) is 5.65 Å². The summed E-state index contributed by atoms with van der Waals surface area (Å²) in [5.74, 6) is -1.40. The molecule has 4 N–H and O–H groups in total. The Hall–Kier alpha value is -6.20. The molecule has 310 valence electrons. The summed E-state index contributed by atoms with van der Waals surface area (Å²) in [5.41, 5.74) is 10.3. The number of aldehydes is 1. The molecule has 0 aliphatic carbocycles. The lowest BCUT2D eigenvalue weighted by molar-refractivity contribution is -0.124. The highest BCUT2D eigenvalue weighted by atomic mass is 16.5. The summed E-state index contributed by atoms with van der Waals surface area (Å²) < 4.78 is 7.55. The Bertz CT molecular complexity index is 2240. The summed E-state index contributed by atoms with van der Waals surface area (Å²) in [6.45, 7) is 10.9. The molecular weight excluding hydrogens is 755 g/mol. The Kier molecular flexibility index (Phi) is 12.6. The van der Waals surface area contributed by atoms with Gasteiger partial charge in [0.05, 0.1) is 35.2 Å². The van der Waals surface area contributed by atoms with Crippen molar-refractivity contribution in [2.24, 2.45) is 4.99 Å². The number of aliphatic imine (C=N–C) groups is 1. The lowest BCUT2D eigenvalue weighted by Crippen LogP contribution is -2.49. The predicted octanol–water partition coefficient (Wildman–Crippen LogP) is 2.75. The molecule has 0 saturated carbocycles. The molecule has 17 heteroatoms. The highest BCUT2D eigenvalue weighted by Crippen LogP contribution is 2.33. The number of nitrogen functional groups attached to an aromatic ring is 1. The van der Waals surface area contributed by atoms with Crippen molar-refractivity contribution in [1.29, 1.82) is 0 Å². The molecule has 17 nitrogen and oxygen atoms in total. The number of likely N-dealkylation sites (tertiary alicyclic amines) is 1. The van der Waals surface area contributed by atoms with Crippen molar-refractivity contribution in [2.45, 2.75) is 57.7 Å². The first-order valence-electron chi connectivity index (χ1n) is 20.1. The summed E-state index contributed by atoms with van der Waals surface area (Å²) >= 11 is 0. The maximum atomic E-state index is 13.4. The number of nitrogens with zero attached hydrogens (tertiary/aromatic N) is 8. The van der Waals surface area contributed by atoms with Crippen LogP contribution in [-0.4, -0.2) is 143 Å². The minimum atomic E-state index is -1.04. The van der Waals surface area contributed by atoms with Crippen LogP contribution in [0.1, 0.15) is 76.2 Å². The van der Waals surface area contributed by atoms with E-state index in [2.05, 4.69) is 35.4 Å². The van der Waals surface area contributed by atoms with E-state index in [1.54, 1.807) is 53.5 Å². The number of hydrogen-bond donors (Lipinski definition) is 3. The first-order valence-corrected chi connectivity index (χ1v) is 20.1. The van der Waals surface area contributed by atoms with Gasteiger partial charge in [-0.1, -0.05) is 0 Å². The van der Waals surface area contributed by atoms with Crippen LogP contribution < -0.4 is 26.0 Å². The molecule has 1 unspecified atom stereocenters. The number of imide groups is 1. The van der Waals surface area contributed by atoms with E-state index in [-0.39, 0.29) is 42.0 Å². The van der Waals surface area contributed by atoms with E-state index < -0.39 is 23.8 Å². The molecule has 3 aliphatic rings. The Labute approximate surface area is 342 Å². The number of nitrogens with two attached hydrogens (primary N) is 1. The first kappa shape index (κ1) is 41.0. The number of aromatic nitrogens is 3. The van der Waals surface area contributed by atoms with Crippen LogP contribution >= 0.6 is 0 Å². The van der Waals surface area contributed by atoms with Gasteiger partial charge in [-0.2, -0.15) is 5.10 Å². The fraction of sp³-hybridized carbons (Fsp3) is 0.429. The van der Waals surface area contributed by atoms with Gasteiger partial charge in [-0.25, -0.2) is 9.50 Å². The number of hydrogen-bond acceptors (Lipinski definition) is 13. The van der Waals surface area contributed by atoms with Crippen molar-refractivity contribution in [3.8, 4) is 5.75 Å². The molecule has 2 aromatic heterocycles. The molecule has 3 aliphatic heterocycles. The van der Waals surface area contributed by atoms with Crippen LogP contribution in [0.3, 0.4) is 0 Å². The average Bonchev–Trinajstić information content (AvgIpc) is 3.79. The van der Waals surface area contributed by atoms with Gasteiger partial charge in [0, 0.05) is 107 Å². The fourth-order valence-corrected chi connectivity index (χ4v) is 7.84. The average molecular weight is 806 g/mol. The molecule has 0 spiro atoms. The zero-order chi connectivity index (χ0) is 41.6. The van der Waals surface area contributed by atoms with Crippen molar-refractivity contribution in [2.75, 3.05) is 75.4 Å². The Morgan fingerprint density at radius 2 is 1.73 bits per heavy atom. The number of ether oxygens (including phenoxy) is 1. The third-order valence-electron chi connectivity index (χ3n) is 11.1. The SMILES string of the molecule is CNC(=O)C(CCC=O)N1C(=O)c2ccc(N3CCN(CCN4CCC(N=Cc5cc(NC(=O)c6cnn7cccnc67)c(OC(C)C)cc5N)CC4)CC3)cc2C1=O. The maximum Gasteiger partial charge on any atom is 0.262 e. The molecule has 4 amide bonds. The van der Waals surface area contributed by atoms with Crippen molar-refractivity contribution < 1.29 is 28.7 Å². The third-order valence-corrected chi connectivity index (χ3v) is 11.1. The number of nitrogens with one attached hydrogen (secondary N) is 2. The van der Waals surface area contributed by atoms with Crippen molar-refractivity contribution in [1.82, 2.24) is 34.6 Å². The Morgan fingerprint density at radius 3 is 2.44 bits per heavy atom. The molecule has 2 saturated heterocycles. The van der Waals surface area contributed by atoms with Gasteiger partial charge in [0.2, 0.25) is 5.91 Å². The first-order chi connectivity index (χ1) is 28.5. The number of amides is 4. The zero-order valence-electron chi connectivity index (χ0n) is 33.7.